The van der Waals surface area contributed by atoms with Gasteiger partial charge in [-0.05, 0) is 56.5 Å². The van der Waals surface area contributed by atoms with Crippen molar-refractivity contribution in [3.05, 3.63) is 35.7 Å². The number of aromatic nitrogens is 2. The largest absolute Gasteiger partial charge is 0.361 e. The Bertz CT molecular complexity index is 1220. The molecule has 170 valence electrons. The molecule has 1 aromatic carbocycles. The molecule has 0 atom stereocenters. The Morgan fingerprint density at radius 2 is 1.88 bits per heavy atom. The minimum atomic E-state index is -3.71. The Labute approximate surface area is 188 Å². The van der Waals surface area contributed by atoms with E-state index >= 15 is 0 Å². The Hall–Kier alpha value is -2.49. The maximum atomic E-state index is 13.5. The Morgan fingerprint density at radius 3 is 2.56 bits per heavy atom. The van der Waals surface area contributed by atoms with Gasteiger partial charge < -0.3 is 14.7 Å². The van der Waals surface area contributed by atoms with Crippen molar-refractivity contribution in [2.75, 3.05) is 31.1 Å². The van der Waals surface area contributed by atoms with Gasteiger partial charge in [-0.15, -0.1) is 0 Å². The number of hydrogen-bond acceptors (Lipinski definition) is 7. The number of rotatable bonds is 5. The number of hydrogen-bond donors (Lipinski definition) is 2. The van der Waals surface area contributed by atoms with E-state index in [9.17, 15) is 8.42 Å². The number of fused-ring (bicyclic) bond motifs is 1. The number of sulfonamides is 1. The molecule has 1 aliphatic heterocycles. The molecular formula is C23H29N5O3S. The van der Waals surface area contributed by atoms with Crippen LogP contribution in [-0.2, 0) is 10.0 Å². The molecule has 8 nitrogen and oxygen atoms in total. The van der Waals surface area contributed by atoms with Crippen molar-refractivity contribution >= 4 is 26.7 Å². The van der Waals surface area contributed by atoms with E-state index in [1.54, 1.807) is 6.07 Å². The lowest BCUT2D eigenvalue weighted by molar-refractivity contribution is 0.393. The van der Waals surface area contributed by atoms with E-state index in [4.69, 9.17) is 9.51 Å². The van der Waals surface area contributed by atoms with Crippen LogP contribution >= 0.6 is 0 Å². The van der Waals surface area contributed by atoms with E-state index in [-0.39, 0.29) is 10.9 Å². The zero-order valence-corrected chi connectivity index (χ0v) is 19.3. The van der Waals surface area contributed by atoms with Crippen LogP contribution in [-0.4, -0.2) is 50.8 Å². The standard InChI is InChI=1S/C23H29N5O3S/c1-15-23(16(2)31-26-15)17-13-20-19(7-8-22(25-20)28-11-9-24-10-12-28)21(14-17)32(29,30)27-18-5-3-4-6-18/h7-8,13-14,18,24,27H,3-6,9-12H2,1-2H3. The van der Waals surface area contributed by atoms with Crippen LogP contribution in [0.5, 0.6) is 0 Å². The fourth-order valence-corrected chi connectivity index (χ4v) is 6.39. The minimum Gasteiger partial charge on any atom is -0.361 e. The molecule has 0 amide bonds. The molecule has 3 aromatic rings. The summed E-state index contributed by atoms with van der Waals surface area (Å²) in [5, 5.41) is 8.04. The summed E-state index contributed by atoms with van der Waals surface area (Å²) in [6.07, 6.45) is 3.88. The van der Waals surface area contributed by atoms with Crippen molar-refractivity contribution in [2.24, 2.45) is 0 Å². The zero-order valence-electron chi connectivity index (χ0n) is 18.5. The van der Waals surface area contributed by atoms with Crippen molar-refractivity contribution in [1.29, 1.82) is 0 Å². The van der Waals surface area contributed by atoms with E-state index < -0.39 is 10.0 Å². The minimum absolute atomic E-state index is 0.00847. The quantitative estimate of drug-likeness (QED) is 0.610. The number of piperazine rings is 1. The molecular weight excluding hydrogens is 426 g/mol. The molecule has 9 heteroatoms. The molecule has 0 radical (unpaired) electrons. The van der Waals surface area contributed by atoms with Crippen LogP contribution in [0.15, 0.2) is 33.7 Å². The Morgan fingerprint density at radius 1 is 1.12 bits per heavy atom. The third-order valence-corrected chi connectivity index (χ3v) is 8.04. The van der Waals surface area contributed by atoms with E-state index in [0.717, 1.165) is 74.5 Å². The van der Waals surface area contributed by atoms with Crippen LogP contribution in [0.4, 0.5) is 5.82 Å². The first kappa shape index (κ1) is 21.4. The third-order valence-electron chi connectivity index (χ3n) is 6.48. The molecule has 32 heavy (non-hydrogen) atoms. The van der Waals surface area contributed by atoms with E-state index in [1.807, 2.05) is 32.0 Å². The smallest absolute Gasteiger partial charge is 0.241 e. The van der Waals surface area contributed by atoms with Crippen molar-refractivity contribution < 1.29 is 12.9 Å². The average Bonchev–Trinajstić information content (AvgIpc) is 3.41. The molecule has 0 bridgehead atoms. The summed E-state index contributed by atoms with van der Waals surface area (Å²) >= 11 is 0. The number of pyridine rings is 1. The van der Waals surface area contributed by atoms with Gasteiger partial charge in [0.05, 0.1) is 16.1 Å². The number of nitrogens with one attached hydrogen (secondary N) is 2. The van der Waals surface area contributed by atoms with Gasteiger partial charge in [0.2, 0.25) is 10.0 Å². The maximum absolute atomic E-state index is 13.5. The van der Waals surface area contributed by atoms with E-state index in [2.05, 4.69) is 20.1 Å². The second-order valence-corrected chi connectivity index (χ2v) is 10.4. The molecule has 1 saturated heterocycles. The Balaban J connectivity index is 1.66. The van der Waals surface area contributed by atoms with Crippen molar-refractivity contribution in [2.45, 2.75) is 50.5 Å². The lowest BCUT2D eigenvalue weighted by Crippen LogP contribution is -2.43. The lowest BCUT2D eigenvalue weighted by atomic mass is 10.0. The van der Waals surface area contributed by atoms with Gasteiger partial charge in [0.15, 0.2) is 0 Å². The first-order valence-electron chi connectivity index (χ1n) is 11.3. The summed E-state index contributed by atoms with van der Waals surface area (Å²) in [6, 6.07) is 7.49. The van der Waals surface area contributed by atoms with Crippen LogP contribution < -0.4 is 14.9 Å². The topological polar surface area (TPSA) is 100 Å². The SMILES string of the molecule is Cc1noc(C)c1-c1cc(S(=O)(=O)NC2CCCC2)c2ccc(N3CCNCC3)nc2c1. The van der Waals surface area contributed by atoms with Crippen LogP contribution in [0.1, 0.15) is 37.1 Å². The first-order chi connectivity index (χ1) is 15.4. The van der Waals surface area contributed by atoms with Crippen LogP contribution in [0.25, 0.3) is 22.0 Å². The second-order valence-electron chi connectivity index (χ2n) is 8.75. The normalized spacial score (nSPS) is 18.0. The summed E-state index contributed by atoms with van der Waals surface area (Å²) in [5.74, 6) is 1.52. The third kappa shape index (κ3) is 4.00. The van der Waals surface area contributed by atoms with Gasteiger partial charge >= 0.3 is 0 Å². The molecule has 2 fully saturated rings. The zero-order chi connectivity index (χ0) is 22.3. The molecule has 0 spiro atoms. The second kappa shape index (κ2) is 8.46. The highest BCUT2D eigenvalue weighted by Gasteiger charge is 2.27. The predicted molar refractivity (Wildman–Crippen MR) is 124 cm³/mol. The molecule has 2 N–H and O–H groups in total. The lowest BCUT2D eigenvalue weighted by Gasteiger charge is -2.28. The highest BCUT2D eigenvalue weighted by Crippen LogP contribution is 2.34. The van der Waals surface area contributed by atoms with Gasteiger partial charge in [-0.25, -0.2) is 18.1 Å². The summed E-state index contributed by atoms with van der Waals surface area (Å²) in [5.41, 5.74) is 2.96. The molecule has 2 aromatic heterocycles. The van der Waals surface area contributed by atoms with Crippen molar-refractivity contribution in [1.82, 2.24) is 20.2 Å². The van der Waals surface area contributed by atoms with Crippen molar-refractivity contribution in [3.8, 4) is 11.1 Å². The number of nitrogens with zero attached hydrogens (tertiary/aromatic N) is 3. The molecule has 5 rings (SSSR count). The van der Waals surface area contributed by atoms with Crippen LogP contribution in [0.2, 0.25) is 0 Å². The molecule has 1 saturated carbocycles. The van der Waals surface area contributed by atoms with Crippen molar-refractivity contribution in [3.63, 3.8) is 0 Å². The summed E-state index contributed by atoms with van der Waals surface area (Å²) < 4.78 is 35.3. The average molecular weight is 456 g/mol. The van der Waals surface area contributed by atoms with Crippen LogP contribution in [0.3, 0.4) is 0 Å². The summed E-state index contributed by atoms with van der Waals surface area (Å²) in [6.45, 7) is 7.26. The molecule has 1 aliphatic carbocycles. The number of anilines is 1. The van der Waals surface area contributed by atoms with Gasteiger partial charge in [0.1, 0.15) is 11.6 Å². The fraction of sp³-hybridized carbons (Fsp3) is 0.478. The predicted octanol–water partition coefficient (Wildman–Crippen LogP) is 3.14. The number of benzene rings is 1. The van der Waals surface area contributed by atoms with E-state index in [0.29, 0.717) is 16.7 Å². The van der Waals surface area contributed by atoms with Crippen LogP contribution in [0, 0.1) is 13.8 Å². The highest BCUT2D eigenvalue weighted by molar-refractivity contribution is 7.89. The van der Waals surface area contributed by atoms with Gasteiger partial charge in [0.25, 0.3) is 0 Å². The molecule has 0 unspecified atom stereocenters. The first-order valence-corrected chi connectivity index (χ1v) is 12.8. The summed E-state index contributed by atoms with van der Waals surface area (Å²) in [4.78, 5) is 7.38. The maximum Gasteiger partial charge on any atom is 0.241 e. The summed E-state index contributed by atoms with van der Waals surface area (Å²) in [7, 11) is -3.71. The van der Waals surface area contributed by atoms with E-state index in [1.165, 1.54) is 0 Å². The molecule has 3 heterocycles. The van der Waals surface area contributed by atoms with Gasteiger partial charge in [-0.3, -0.25) is 0 Å². The monoisotopic (exact) mass is 455 g/mol. The van der Waals surface area contributed by atoms with Gasteiger partial charge in [-0.2, -0.15) is 0 Å². The Kier molecular flexibility index (Phi) is 5.65. The molecule has 2 aliphatic rings. The fourth-order valence-electron chi connectivity index (χ4n) is 4.85. The highest BCUT2D eigenvalue weighted by atomic mass is 32.2. The van der Waals surface area contributed by atoms with Gasteiger partial charge in [-0.1, -0.05) is 18.0 Å². The number of aryl methyl sites for hydroxylation is 2. The van der Waals surface area contributed by atoms with Gasteiger partial charge in [0, 0.05) is 43.2 Å².